The third kappa shape index (κ3) is 6.36. The lowest BCUT2D eigenvalue weighted by Gasteiger charge is -2.16. The van der Waals surface area contributed by atoms with Gasteiger partial charge in [0.05, 0.1) is 6.61 Å². The molecular weight excluding hydrogens is 236 g/mol. The summed E-state index contributed by atoms with van der Waals surface area (Å²) in [5, 5.41) is 11.4. The van der Waals surface area contributed by atoms with Gasteiger partial charge < -0.3 is 20.1 Å². The van der Waals surface area contributed by atoms with E-state index in [9.17, 15) is 9.59 Å². The van der Waals surface area contributed by atoms with Gasteiger partial charge in [0.25, 0.3) is 0 Å². The summed E-state index contributed by atoms with van der Waals surface area (Å²) >= 11 is 0. The van der Waals surface area contributed by atoms with E-state index < -0.39 is 5.97 Å². The van der Waals surface area contributed by atoms with Crippen LogP contribution in [0.2, 0.25) is 0 Å². The number of carboxylic acid groups (broad SMARTS) is 1. The van der Waals surface area contributed by atoms with Gasteiger partial charge in [0, 0.05) is 37.9 Å². The largest absolute Gasteiger partial charge is 0.478 e. The molecular formula is C12H22N2O4. The third-order valence-electron chi connectivity index (χ3n) is 2.68. The fourth-order valence-corrected chi connectivity index (χ4v) is 1.18. The van der Waals surface area contributed by atoms with Crippen LogP contribution >= 0.6 is 0 Å². The van der Waals surface area contributed by atoms with E-state index in [2.05, 4.69) is 5.32 Å². The molecule has 0 saturated carbocycles. The van der Waals surface area contributed by atoms with E-state index in [1.807, 2.05) is 11.9 Å². The summed E-state index contributed by atoms with van der Waals surface area (Å²) < 4.78 is 4.93. The maximum Gasteiger partial charge on any atom is 0.331 e. The highest BCUT2D eigenvalue weighted by atomic mass is 16.5. The number of aliphatic carboxylic acids is 1. The maximum absolute atomic E-state index is 11.6. The molecule has 0 aliphatic heterocycles. The molecule has 0 aliphatic rings. The highest BCUT2D eigenvalue weighted by molar-refractivity contribution is 6.01. The Balaban J connectivity index is 4.05. The van der Waals surface area contributed by atoms with E-state index in [4.69, 9.17) is 9.84 Å². The number of carbonyl (C=O) groups excluding carboxylic acids is 1. The lowest BCUT2D eigenvalue weighted by Crippen LogP contribution is -2.35. The molecule has 0 spiro atoms. The van der Waals surface area contributed by atoms with Crippen LogP contribution in [0.3, 0.4) is 0 Å². The molecule has 104 valence electrons. The number of rotatable bonds is 8. The summed E-state index contributed by atoms with van der Waals surface area (Å²) in [5.74, 6) is -1.41. The van der Waals surface area contributed by atoms with Gasteiger partial charge in [-0.1, -0.05) is 0 Å². The lowest BCUT2D eigenvalue weighted by molar-refractivity contribution is -0.133. The Morgan fingerprint density at radius 1 is 1.22 bits per heavy atom. The summed E-state index contributed by atoms with van der Waals surface area (Å²) in [6.07, 6.45) is 0. The second-order valence-corrected chi connectivity index (χ2v) is 4.11. The standard InChI is InChI=1S/C12H22N2O4/c1-9(10(2)12(16)17)11(15)13-5-6-14(3)7-8-18-4/h5-8H2,1-4H3,(H,13,15)(H,16,17). The fourth-order valence-electron chi connectivity index (χ4n) is 1.18. The van der Waals surface area contributed by atoms with Crippen molar-refractivity contribution in [3.05, 3.63) is 11.1 Å². The molecule has 18 heavy (non-hydrogen) atoms. The van der Waals surface area contributed by atoms with E-state index in [-0.39, 0.29) is 17.1 Å². The Morgan fingerprint density at radius 3 is 2.33 bits per heavy atom. The number of carboxylic acids is 1. The zero-order valence-electron chi connectivity index (χ0n) is 11.4. The van der Waals surface area contributed by atoms with Crippen molar-refractivity contribution in [2.24, 2.45) is 0 Å². The number of likely N-dealkylation sites (N-methyl/N-ethyl adjacent to an activating group) is 1. The van der Waals surface area contributed by atoms with Gasteiger partial charge in [0.1, 0.15) is 0 Å². The van der Waals surface area contributed by atoms with Crippen LogP contribution in [-0.2, 0) is 14.3 Å². The average molecular weight is 258 g/mol. The van der Waals surface area contributed by atoms with Crippen LogP contribution in [0.15, 0.2) is 11.1 Å². The SMILES string of the molecule is COCCN(C)CCNC(=O)C(C)=C(C)C(=O)O. The Kier molecular flexibility index (Phi) is 7.98. The van der Waals surface area contributed by atoms with Gasteiger partial charge in [-0.15, -0.1) is 0 Å². The molecule has 6 heteroatoms. The molecule has 0 unspecified atom stereocenters. The lowest BCUT2D eigenvalue weighted by atomic mass is 10.1. The van der Waals surface area contributed by atoms with E-state index in [1.165, 1.54) is 13.8 Å². The Morgan fingerprint density at radius 2 is 1.83 bits per heavy atom. The van der Waals surface area contributed by atoms with E-state index in [0.717, 1.165) is 6.54 Å². The molecule has 0 aromatic rings. The number of nitrogens with one attached hydrogen (secondary N) is 1. The number of amides is 1. The summed E-state index contributed by atoms with van der Waals surface area (Å²) in [7, 11) is 3.56. The van der Waals surface area contributed by atoms with Gasteiger partial charge in [-0.2, -0.15) is 0 Å². The zero-order valence-corrected chi connectivity index (χ0v) is 11.4. The van der Waals surface area contributed by atoms with E-state index in [0.29, 0.717) is 19.7 Å². The minimum atomic E-state index is -1.07. The zero-order chi connectivity index (χ0) is 14.1. The third-order valence-corrected chi connectivity index (χ3v) is 2.68. The van der Waals surface area contributed by atoms with Gasteiger partial charge in [-0.05, 0) is 20.9 Å². The predicted octanol–water partition coefficient (Wildman–Crippen LogP) is 0.102. The summed E-state index contributed by atoms with van der Waals surface area (Å²) in [6.45, 7) is 5.52. The highest BCUT2D eigenvalue weighted by Gasteiger charge is 2.12. The normalized spacial score (nSPS) is 12.3. The van der Waals surface area contributed by atoms with Gasteiger partial charge in [0.15, 0.2) is 0 Å². The summed E-state index contributed by atoms with van der Waals surface area (Å²) in [4.78, 5) is 24.3. The molecule has 0 heterocycles. The Labute approximate surface area is 108 Å². The molecule has 0 fully saturated rings. The monoisotopic (exact) mass is 258 g/mol. The first kappa shape index (κ1) is 16.6. The minimum Gasteiger partial charge on any atom is -0.478 e. The van der Waals surface area contributed by atoms with Gasteiger partial charge >= 0.3 is 5.97 Å². The molecule has 1 amide bonds. The highest BCUT2D eigenvalue weighted by Crippen LogP contribution is 2.02. The molecule has 0 radical (unpaired) electrons. The first-order valence-corrected chi connectivity index (χ1v) is 5.76. The predicted molar refractivity (Wildman–Crippen MR) is 68.4 cm³/mol. The number of hydrogen-bond acceptors (Lipinski definition) is 4. The molecule has 0 aliphatic carbocycles. The molecule has 0 saturated heterocycles. The number of methoxy groups -OCH3 is 1. The van der Waals surface area contributed by atoms with Gasteiger partial charge in [-0.25, -0.2) is 4.79 Å². The van der Waals surface area contributed by atoms with Crippen LogP contribution in [0.25, 0.3) is 0 Å². The van der Waals surface area contributed by atoms with Gasteiger partial charge in [-0.3, -0.25) is 4.79 Å². The first-order valence-electron chi connectivity index (χ1n) is 5.76. The Bertz CT molecular complexity index is 326. The topological polar surface area (TPSA) is 78.9 Å². The first-order chi connectivity index (χ1) is 8.40. The van der Waals surface area contributed by atoms with Crippen LogP contribution in [0.1, 0.15) is 13.8 Å². The Hall–Kier alpha value is -1.40. The smallest absolute Gasteiger partial charge is 0.331 e. The maximum atomic E-state index is 11.6. The fraction of sp³-hybridized carbons (Fsp3) is 0.667. The number of nitrogens with zero attached hydrogens (tertiary/aromatic N) is 1. The van der Waals surface area contributed by atoms with Crippen molar-refractivity contribution in [3.8, 4) is 0 Å². The van der Waals surface area contributed by atoms with Crippen LogP contribution in [0.4, 0.5) is 0 Å². The summed E-state index contributed by atoms with van der Waals surface area (Å²) in [6, 6.07) is 0. The quantitative estimate of drug-likeness (QED) is 0.604. The number of ether oxygens (including phenoxy) is 1. The average Bonchev–Trinajstić information content (AvgIpc) is 2.34. The number of carbonyl (C=O) groups is 2. The van der Waals surface area contributed by atoms with Crippen LogP contribution < -0.4 is 5.32 Å². The van der Waals surface area contributed by atoms with Crippen molar-refractivity contribution in [1.29, 1.82) is 0 Å². The van der Waals surface area contributed by atoms with E-state index >= 15 is 0 Å². The molecule has 0 bridgehead atoms. The van der Waals surface area contributed by atoms with Crippen molar-refractivity contribution in [3.63, 3.8) is 0 Å². The van der Waals surface area contributed by atoms with Crippen molar-refractivity contribution in [2.45, 2.75) is 13.8 Å². The minimum absolute atomic E-state index is 0.0697. The van der Waals surface area contributed by atoms with Crippen LogP contribution in [0, 0.1) is 0 Å². The van der Waals surface area contributed by atoms with Crippen molar-refractivity contribution in [1.82, 2.24) is 10.2 Å². The van der Waals surface area contributed by atoms with Crippen molar-refractivity contribution < 1.29 is 19.4 Å². The molecule has 0 aromatic heterocycles. The number of hydrogen-bond donors (Lipinski definition) is 2. The summed E-state index contributed by atoms with van der Waals surface area (Å²) in [5.41, 5.74) is 0.308. The second kappa shape index (κ2) is 8.66. The van der Waals surface area contributed by atoms with Gasteiger partial charge in [0.2, 0.25) is 5.91 Å². The molecule has 6 nitrogen and oxygen atoms in total. The molecule has 0 atom stereocenters. The van der Waals surface area contributed by atoms with Crippen LogP contribution in [0.5, 0.6) is 0 Å². The molecule has 2 N–H and O–H groups in total. The molecule has 0 rings (SSSR count). The van der Waals surface area contributed by atoms with Crippen molar-refractivity contribution in [2.75, 3.05) is 40.4 Å². The van der Waals surface area contributed by atoms with E-state index in [1.54, 1.807) is 7.11 Å². The second-order valence-electron chi connectivity index (χ2n) is 4.11. The van der Waals surface area contributed by atoms with Crippen molar-refractivity contribution >= 4 is 11.9 Å². The molecule has 0 aromatic carbocycles. The van der Waals surface area contributed by atoms with Crippen LogP contribution in [-0.4, -0.2) is 62.3 Å².